The van der Waals surface area contributed by atoms with Crippen LogP contribution in [0, 0.1) is 0 Å². The largest absolute Gasteiger partial charge is 0.467 e. The highest BCUT2D eigenvalue weighted by Gasteiger charge is 2.34. The third-order valence-corrected chi connectivity index (χ3v) is 7.17. The molecule has 0 saturated heterocycles. The van der Waals surface area contributed by atoms with Gasteiger partial charge in [-0.25, -0.2) is 14.8 Å². The molecule has 0 aliphatic heterocycles. The molecular formula is C32H33N3O4S. The van der Waals surface area contributed by atoms with Crippen LogP contribution in [0.15, 0.2) is 91.0 Å². The van der Waals surface area contributed by atoms with E-state index < -0.39 is 23.0 Å². The molecule has 0 spiro atoms. The van der Waals surface area contributed by atoms with Gasteiger partial charge in [0.1, 0.15) is 5.37 Å². The average molecular weight is 556 g/mol. The van der Waals surface area contributed by atoms with Crippen LogP contribution in [0.5, 0.6) is 0 Å². The Morgan fingerprint density at radius 2 is 1.43 bits per heavy atom. The summed E-state index contributed by atoms with van der Waals surface area (Å²) in [4.78, 5) is 33.5. The van der Waals surface area contributed by atoms with E-state index in [4.69, 9.17) is 19.4 Å². The molecule has 2 unspecified atom stereocenters. The van der Waals surface area contributed by atoms with Gasteiger partial charge in [0.25, 0.3) is 0 Å². The number of ether oxygens (including phenoxy) is 2. The number of methoxy groups -OCH3 is 1. The number of esters is 1. The van der Waals surface area contributed by atoms with Crippen LogP contribution in [0.3, 0.4) is 0 Å². The monoisotopic (exact) mass is 555 g/mol. The minimum absolute atomic E-state index is 0.535. The highest BCUT2D eigenvalue weighted by molar-refractivity contribution is 7.99. The third-order valence-electron chi connectivity index (χ3n) is 5.93. The quantitative estimate of drug-likeness (QED) is 0.135. The second-order valence-electron chi connectivity index (χ2n) is 10.1. The topological polar surface area (TPSA) is 90.4 Å². The maximum atomic E-state index is 12.4. The Morgan fingerprint density at radius 3 is 1.90 bits per heavy atom. The maximum absolute atomic E-state index is 12.4. The standard InChI is InChI=1S/C32H33N3O4S/c1-32(2,3)39-28(31(37)38-4)30(33-21-36)40-20-22-15-17-25(18-16-22)29-34-26(23-11-7-5-8-12-23)19-27(35-29)24-13-9-6-10-14-24/h5-19,21,28,30H,20H2,1-4H3,(H,33,36). The summed E-state index contributed by atoms with van der Waals surface area (Å²) < 4.78 is 10.9. The van der Waals surface area contributed by atoms with E-state index in [2.05, 4.69) is 5.32 Å². The summed E-state index contributed by atoms with van der Waals surface area (Å²) in [6.45, 7) is 5.55. The lowest BCUT2D eigenvalue weighted by Gasteiger charge is -2.30. The van der Waals surface area contributed by atoms with Gasteiger partial charge < -0.3 is 14.8 Å². The molecule has 0 aliphatic carbocycles. The zero-order valence-corrected chi connectivity index (χ0v) is 23.9. The second kappa shape index (κ2) is 13.4. The van der Waals surface area contributed by atoms with Gasteiger partial charge in [-0.3, -0.25) is 4.79 Å². The van der Waals surface area contributed by atoms with Crippen LogP contribution in [-0.4, -0.2) is 46.5 Å². The minimum Gasteiger partial charge on any atom is -0.467 e. The van der Waals surface area contributed by atoms with Gasteiger partial charge in [-0.2, -0.15) is 0 Å². The molecule has 4 rings (SSSR count). The van der Waals surface area contributed by atoms with Gasteiger partial charge in [-0.1, -0.05) is 84.9 Å². The summed E-state index contributed by atoms with van der Waals surface area (Å²) in [5.74, 6) is 0.624. The third kappa shape index (κ3) is 7.77. The number of hydrogen-bond donors (Lipinski definition) is 1. The predicted octanol–water partition coefficient (Wildman–Crippen LogP) is 6.14. The maximum Gasteiger partial charge on any atom is 0.338 e. The smallest absolute Gasteiger partial charge is 0.338 e. The molecule has 0 fully saturated rings. The number of nitrogens with one attached hydrogen (secondary N) is 1. The Hall–Kier alpha value is -4.01. The summed E-state index contributed by atoms with van der Waals surface area (Å²) in [6, 6.07) is 30.1. The number of hydrogen-bond acceptors (Lipinski definition) is 7. The lowest BCUT2D eigenvalue weighted by atomic mass is 10.1. The number of benzene rings is 3. The van der Waals surface area contributed by atoms with E-state index >= 15 is 0 Å². The van der Waals surface area contributed by atoms with Crippen LogP contribution in [0.4, 0.5) is 0 Å². The van der Waals surface area contributed by atoms with Gasteiger partial charge in [0.15, 0.2) is 11.9 Å². The van der Waals surface area contributed by atoms with Gasteiger partial charge >= 0.3 is 5.97 Å². The Bertz CT molecular complexity index is 1350. The van der Waals surface area contributed by atoms with E-state index in [9.17, 15) is 9.59 Å². The number of aromatic nitrogens is 2. The first-order valence-electron chi connectivity index (χ1n) is 12.9. The molecule has 1 heterocycles. The molecule has 1 amide bonds. The van der Waals surface area contributed by atoms with Crippen LogP contribution < -0.4 is 5.32 Å². The molecule has 2 atom stereocenters. The van der Waals surface area contributed by atoms with E-state index in [-0.39, 0.29) is 0 Å². The van der Waals surface area contributed by atoms with Gasteiger partial charge in [0, 0.05) is 22.4 Å². The van der Waals surface area contributed by atoms with Crippen molar-refractivity contribution in [1.29, 1.82) is 0 Å². The molecule has 206 valence electrons. The fraction of sp³-hybridized carbons (Fsp3) is 0.250. The average Bonchev–Trinajstić information content (AvgIpc) is 2.98. The van der Waals surface area contributed by atoms with Gasteiger partial charge in [-0.15, -0.1) is 11.8 Å². The number of rotatable bonds is 11. The Labute approximate surface area is 239 Å². The highest BCUT2D eigenvalue weighted by atomic mass is 32.2. The molecule has 0 radical (unpaired) electrons. The molecule has 7 nitrogen and oxygen atoms in total. The summed E-state index contributed by atoms with van der Waals surface area (Å²) in [6.07, 6.45) is -0.380. The van der Waals surface area contributed by atoms with Crippen LogP contribution in [-0.2, 0) is 24.8 Å². The first-order chi connectivity index (χ1) is 19.3. The lowest BCUT2D eigenvalue weighted by molar-refractivity contribution is -0.164. The molecular weight excluding hydrogens is 522 g/mol. The number of nitrogens with zero attached hydrogens (tertiary/aromatic N) is 2. The Morgan fingerprint density at radius 1 is 0.875 bits per heavy atom. The van der Waals surface area contributed by atoms with Gasteiger partial charge in [0.2, 0.25) is 6.41 Å². The Kier molecular flexibility index (Phi) is 9.69. The SMILES string of the molecule is COC(=O)C(OC(C)(C)C)C(NC=O)SCc1ccc(-c2nc(-c3ccccc3)cc(-c3ccccc3)n2)cc1. The molecule has 8 heteroatoms. The lowest BCUT2D eigenvalue weighted by Crippen LogP contribution is -2.47. The zero-order valence-electron chi connectivity index (χ0n) is 23.0. The van der Waals surface area contributed by atoms with Crippen LogP contribution in [0.25, 0.3) is 33.9 Å². The first kappa shape index (κ1) is 29.0. The normalized spacial score (nSPS) is 12.8. The van der Waals surface area contributed by atoms with E-state index in [1.807, 2.05) is 112 Å². The highest BCUT2D eigenvalue weighted by Crippen LogP contribution is 2.29. The van der Waals surface area contributed by atoms with E-state index in [1.54, 1.807) is 0 Å². The van der Waals surface area contributed by atoms with Gasteiger partial charge in [-0.05, 0) is 32.4 Å². The summed E-state index contributed by atoms with van der Waals surface area (Å²) in [5, 5.41) is 2.09. The fourth-order valence-electron chi connectivity index (χ4n) is 4.05. The Balaban J connectivity index is 1.58. The van der Waals surface area contributed by atoms with Crippen molar-refractivity contribution in [3.63, 3.8) is 0 Å². The molecule has 0 saturated carbocycles. The molecule has 1 N–H and O–H groups in total. The van der Waals surface area contributed by atoms with Crippen molar-refractivity contribution in [1.82, 2.24) is 15.3 Å². The molecule has 4 aromatic rings. The van der Waals surface area contributed by atoms with Crippen molar-refractivity contribution in [2.75, 3.05) is 7.11 Å². The van der Waals surface area contributed by atoms with E-state index in [0.29, 0.717) is 18.0 Å². The van der Waals surface area contributed by atoms with Crippen molar-refractivity contribution < 1.29 is 19.1 Å². The van der Waals surface area contributed by atoms with Crippen molar-refractivity contribution in [3.8, 4) is 33.9 Å². The van der Waals surface area contributed by atoms with Crippen LogP contribution >= 0.6 is 11.8 Å². The molecule has 0 aliphatic rings. The number of thioether (sulfide) groups is 1. The van der Waals surface area contributed by atoms with Crippen molar-refractivity contribution in [2.45, 2.75) is 43.6 Å². The second-order valence-corrected chi connectivity index (χ2v) is 11.2. The van der Waals surface area contributed by atoms with E-state index in [1.165, 1.54) is 18.9 Å². The van der Waals surface area contributed by atoms with Crippen molar-refractivity contribution in [3.05, 3.63) is 96.6 Å². The van der Waals surface area contributed by atoms with Crippen molar-refractivity contribution in [2.24, 2.45) is 0 Å². The summed E-state index contributed by atoms with van der Waals surface area (Å²) >= 11 is 1.39. The van der Waals surface area contributed by atoms with Crippen LogP contribution in [0.1, 0.15) is 26.3 Å². The van der Waals surface area contributed by atoms with E-state index in [0.717, 1.165) is 33.6 Å². The molecule has 0 bridgehead atoms. The van der Waals surface area contributed by atoms with Crippen molar-refractivity contribution >= 4 is 24.1 Å². The first-order valence-corrected chi connectivity index (χ1v) is 14.0. The van der Waals surface area contributed by atoms with Gasteiger partial charge in [0.05, 0.1) is 24.1 Å². The number of carbonyl (C=O) groups is 2. The molecule has 40 heavy (non-hydrogen) atoms. The molecule has 3 aromatic carbocycles. The number of amides is 1. The molecule has 1 aromatic heterocycles. The summed E-state index contributed by atoms with van der Waals surface area (Å²) in [7, 11) is 1.31. The van der Waals surface area contributed by atoms with Crippen LogP contribution in [0.2, 0.25) is 0 Å². The predicted molar refractivity (Wildman–Crippen MR) is 159 cm³/mol. The number of carbonyl (C=O) groups excluding carboxylic acids is 2. The summed E-state index contributed by atoms with van der Waals surface area (Å²) in [5.41, 5.74) is 5.02. The fourth-order valence-corrected chi connectivity index (χ4v) is 5.10. The minimum atomic E-state index is -0.954. The zero-order chi connectivity index (χ0) is 28.5.